The predicted molar refractivity (Wildman–Crippen MR) is 168 cm³/mol. The van der Waals surface area contributed by atoms with E-state index >= 15 is 0 Å². The van der Waals surface area contributed by atoms with Gasteiger partial charge in [-0.15, -0.1) is 0 Å². The van der Waals surface area contributed by atoms with Gasteiger partial charge >= 0.3 is 0 Å². The second-order valence-corrected chi connectivity index (χ2v) is 11.9. The summed E-state index contributed by atoms with van der Waals surface area (Å²) in [6.07, 6.45) is 28.0. The lowest BCUT2D eigenvalue weighted by Crippen LogP contribution is -2.53. The molecule has 0 saturated heterocycles. The second-order valence-electron chi connectivity index (χ2n) is 11.9. The molecule has 0 spiro atoms. The van der Waals surface area contributed by atoms with Gasteiger partial charge in [0, 0.05) is 0 Å². The summed E-state index contributed by atoms with van der Waals surface area (Å²) in [4.78, 5) is 12.4. The molecule has 0 aliphatic carbocycles. The van der Waals surface area contributed by atoms with Crippen molar-refractivity contribution < 1.29 is 25.2 Å². The Labute approximate surface area is 247 Å². The lowest BCUT2D eigenvalue weighted by Gasteiger charge is -2.27. The van der Waals surface area contributed by atoms with E-state index in [2.05, 4.69) is 31.3 Å². The Morgan fingerprint density at radius 2 is 1.00 bits per heavy atom. The monoisotopic (exact) mass is 570 g/mol. The molecule has 1 amide bonds. The first kappa shape index (κ1) is 39.0. The van der Waals surface area contributed by atoms with Gasteiger partial charge in [-0.25, -0.2) is 0 Å². The summed E-state index contributed by atoms with van der Waals surface area (Å²) in [5, 5.41) is 43.2. The van der Waals surface area contributed by atoms with Crippen molar-refractivity contribution in [3.8, 4) is 0 Å². The number of nitrogens with one attached hydrogen (secondary N) is 1. The van der Waals surface area contributed by atoms with Crippen molar-refractivity contribution in [3.05, 3.63) is 12.2 Å². The van der Waals surface area contributed by atoms with Crippen LogP contribution in [0.2, 0.25) is 0 Å². The molecule has 5 N–H and O–H groups in total. The zero-order chi connectivity index (χ0) is 29.7. The highest BCUT2D eigenvalue weighted by atomic mass is 16.3. The molecule has 0 aliphatic heterocycles. The van der Waals surface area contributed by atoms with Gasteiger partial charge in [-0.1, -0.05) is 142 Å². The standard InChI is InChI=1S/C34H67NO5/c1-3-5-7-9-11-13-14-15-16-17-18-20-22-24-26-28-32(38)34(40)35-30(29-36)33(39)31(37)27-25-23-21-19-12-10-8-6-4-2/h16-17,30-33,36-39H,3-15,18-29H2,1-2H3,(H,35,40)/b17-16-. The molecule has 0 rings (SSSR count). The fraction of sp³-hybridized carbons (Fsp3) is 0.912. The Kier molecular flexibility index (Phi) is 28.8. The number of unbranched alkanes of at least 4 members (excludes halogenated alkanes) is 19. The molecule has 4 atom stereocenters. The smallest absolute Gasteiger partial charge is 0.249 e. The molecule has 0 aromatic carbocycles. The van der Waals surface area contributed by atoms with Crippen LogP contribution in [0.3, 0.4) is 0 Å². The van der Waals surface area contributed by atoms with Crippen LogP contribution in [0.15, 0.2) is 12.2 Å². The van der Waals surface area contributed by atoms with Gasteiger partial charge in [0.25, 0.3) is 0 Å². The van der Waals surface area contributed by atoms with Crippen molar-refractivity contribution in [2.45, 2.75) is 192 Å². The van der Waals surface area contributed by atoms with Gasteiger partial charge in [0.05, 0.1) is 18.8 Å². The Morgan fingerprint density at radius 1 is 0.600 bits per heavy atom. The molecule has 0 radical (unpaired) electrons. The third-order valence-electron chi connectivity index (χ3n) is 7.98. The molecule has 0 aromatic heterocycles. The second kappa shape index (κ2) is 29.5. The maximum atomic E-state index is 12.4. The molecule has 0 fully saturated rings. The van der Waals surface area contributed by atoms with Crippen molar-refractivity contribution in [1.29, 1.82) is 0 Å². The highest BCUT2D eigenvalue weighted by Crippen LogP contribution is 2.15. The zero-order valence-electron chi connectivity index (χ0n) is 26.3. The molecular formula is C34H67NO5. The molecule has 0 saturated carbocycles. The number of rotatable bonds is 30. The van der Waals surface area contributed by atoms with E-state index in [4.69, 9.17) is 0 Å². The predicted octanol–water partition coefficient (Wildman–Crippen LogP) is 7.50. The van der Waals surface area contributed by atoms with E-state index in [1.54, 1.807) is 0 Å². The number of aliphatic hydroxyl groups excluding tert-OH is 4. The van der Waals surface area contributed by atoms with E-state index in [9.17, 15) is 25.2 Å². The molecule has 0 aliphatic rings. The normalized spacial score (nSPS) is 14.8. The van der Waals surface area contributed by atoms with Crippen molar-refractivity contribution >= 4 is 5.91 Å². The largest absolute Gasteiger partial charge is 0.394 e. The molecule has 6 nitrogen and oxygen atoms in total. The third-order valence-corrected chi connectivity index (χ3v) is 7.98. The van der Waals surface area contributed by atoms with Crippen molar-refractivity contribution in [1.82, 2.24) is 5.32 Å². The van der Waals surface area contributed by atoms with Crippen LogP contribution in [0.5, 0.6) is 0 Å². The topological polar surface area (TPSA) is 110 Å². The van der Waals surface area contributed by atoms with Crippen LogP contribution < -0.4 is 5.32 Å². The van der Waals surface area contributed by atoms with Crippen molar-refractivity contribution in [2.75, 3.05) is 6.61 Å². The van der Waals surface area contributed by atoms with Gasteiger partial charge in [0.2, 0.25) is 5.91 Å². The van der Waals surface area contributed by atoms with Crippen LogP contribution >= 0.6 is 0 Å². The first-order valence-electron chi connectivity index (χ1n) is 17.1. The average Bonchev–Trinajstić information content (AvgIpc) is 2.96. The Morgan fingerprint density at radius 3 is 1.45 bits per heavy atom. The molecular weight excluding hydrogens is 502 g/mol. The van der Waals surface area contributed by atoms with Gasteiger partial charge in [-0.3, -0.25) is 4.79 Å². The summed E-state index contributed by atoms with van der Waals surface area (Å²) >= 11 is 0. The van der Waals surface area contributed by atoms with E-state index in [0.29, 0.717) is 12.8 Å². The fourth-order valence-electron chi connectivity index (χ4n) is 5.16. The first-order valence-corrected chi connectivity index (χ1v) is 17.1. The maximum absolute atomic E-state index is 12.4. The van der Waals surface area contributed by atoms with E-state index in [-0.39, 0.29) is 0 Å². The minimum Gasteiger partial charge on any atom is -0.394 e. The maximum Gasteiger partial charge on any atom is 0.249 e. The summed E-state index contributed by atoms with van der Waals surface area (Å²) in [5.41, 5.74) is 0. The molecule has 0 heterocycles. The molecule has 40 heavy (non-hydrogen) atoms. The number of amides is 1. The summed E-state index contributed by atoms with van der Waals surface area (Å²) in [6.45, 7) is 3.98. The van der Waals surface area contributed by atoms with Gasteiger partial charge in [0.15, 0.2) is 0 Å². The highest BCUT2D eigenvalue weighted by Gasteiger charge is 2.28. The Hall–Kier alpha value is -0.950. The van der Waals surface area contributed by atoms with E-state index in [0.717, 1.165) is 51.4 Å². The summed E-state index contributed by atoms with van der Waals surface area (Å²) < 4.78 is 0. The average molecular weight is 570 g/mol. The lowest BCUT2D eigenvalue weighted by atomic mass is 9.99. The molecule has 0 aromatic rings. The minimum absolute atomic E-state index is 0.356. The number of carbonyl (C=O) groups is 1. The summed E-state index contributed by atoms with van der Waals surface area (Å²) in [6, 6.07) is -0.983. The van der Waals surface area contributed by atoms with Gasteiger partial charge in [0.1, 0.15) is 12.2 Å². The van der Waals surface area contributed by atoms with Gasteiger partial charge in [-0.2, -0.15) is 0 Å². The fourth-order valence-corrected chi connectivity index (χ4v) is 5.16. The third kappa shape index (κ3) is 23.7. The van der Waals surface area contributed by atoms with Gasteiger partial charge < -0.3 is 25.7 Å². The number of hydrogen-bond donors (Lipinski definition) is 5. The lowest BCUT2D eigenvalue weighted by molar-refractivity contribution is -0.132. The van der Waals surface area contributed by atoms with Crippen LogP contribution in [0.25, 0.3) is 0 Å². The number of aliphatic hydroxyl groups is 4. The van der Waals surface area contributed by atoms with Crippen LogP contribution in [0.1, 0.15) is 168 Å². The SMILES string of the molecule is CCCCCCCCC/C=C\CCCCCCC(O)C(=O)NC(CO)C(O)C(O)CCCCCCCCCCC. The Bertz CT molecular complexity index is 571. The van der Waals surface area contributed by atoms with E-state index in [1.807, 2.05) is 0 Å². The molecule has 6 heteroatoms. The molecule has 4 unspecified atom stereocenters. The minimum atomic E-state index is -1.26. The van der Waals surface area contributed by atoms with Crippen molar-refractivity contribution in [3.63, 3.8) is 0 Å². The molecule has 238 valence electrons. The molecule has 0 bridgehead atoms. The number of hydrogen-bond acceptors (Lipinski definition) is 5. The highest BCUT2D eigenvalue weighted by molar-refractivity contribution is 5.80. The van der Waals surface area contributed by atoms with Crippen molar-refractivity contribution in [2.24, 2.45) is 0 Å². The number of carbonyl (C=O) groups excluding carboxylic acids is 1. The van der Waals surface area contributed by atoms with Gasteiger partial charge in [-0.05, 0) is 38.5 Å². The van der Waals surface area contributed by atoms with E-state index < -0.39 is 36.9 Å². The zero-order valence-corrected chi connectivity index (χ0v) is 26.3. The summed E-state index contributed by atoms with van der Waals surface area (Å²) in [7, 11) is 0. The van der Waals surface area contributed by atoms with E-state index in [1.165, 1.54) is 89.9 Å². The first-order chi connectivity index (χ1) is 19.5. The quantitative estimate of drug-likeness (QED) is 0.0454. The summed E-state index contributed by atoms with van der Waals surface area (Å²) in [5.74, 6) is -0.596. The van der Waals surface area contributed by atoms with Crippen LogP contribution in [-0.4, -0.2) is 57.3 Å². The van der Waals surface area contributed by atoms with Crippen LogP contribution in [0, 0.1) is 0 Å². The Balaban J connectivity index is 3.86. The van der Waals surface area contributed by atoms with Crippen LogP contribution in [-0.2, 0) is 4.79 Å². The number of allylic oxidation sites excluding steroid dienone is 2. The van der Waals surface area contributed by atoms with Crippen LogP contribution in [0.4, 0.5) is 0 Å².